The Bertz CT molecular complexity index is 2080. The fraction of sp³-hybridized carbons (Fsp3) is 0.159. The molecular weight excluding hydrogens is 556 g/mol. The molecule has 46 heavy (non-hydrogen) atoms. The van der Waals surface area contributed by atoms with Gasteiger partial charge in [0.25, 0.3) is 0 Å². The molecule has 2 heteroatoms. The summed E-state index contributed by atoms with van der Waals surface area (Å²) < 4.78 is 0. The van der Waals surface area contributed by atoms with Crippen molar-refractivity contribution in [1.82, 2.24) is 5.32 Å². The molecule has 8 rings (SSSR count). The van der Waals surface area contributed by atoms with Gasteiger partial charge in [0, 0.05) is 22.6 Å². The minimum atomic E-state index is -0.102. The second-order valence-electron chi connectivity index (χ2n) is 13.3. The highest BCUT2D eigenvalue weighted by molar-refractivity contribution is 6.06. The van der Waals surface area contributed by atoms with Crippen molar-refractivity contribution < 1.29 is 0 Å². The van der Waals surface area contributed by atoms with Crippen LogP contribution in [0.2, 0.25) is 0 Å². The Labute approximate surface area is 272 Å². The van der Waals surface area contributed by atoms with Crippen LogP contribution in [0, 0.1) is 6.92 Å². The van der Waals surface area contributed by atoms with Crippen LogP contribution in [-0.2, 0) is 5.41 Å². The molecule has 0 saturated heterocycles. The number of allylic oxidation sites excluding steroid dienone is 4. The summed E-state index contributed by atoms with van der Waals surface area (Å²) in [6.07, 6.45) is 12.2. The first kappa shape index (κ1) is 28.3. The Hall–Kier alpha value is -5.21. The fourth-order valence-electron chi connectivity index (χ4n) is 7.32. The first-order chi connectivity index (χ1) is 22.4. The molecule has 3 aliphatic rings. The third-order valence-corrected chi connectivity index (χ3v) is 9.87. The van der Waals surface area contributed by atoms with Crippen LogP contribution >= 0.6 is 0 Å². The van der Waals surface area contributed by atoms with Crippen LogP contribution in [0.3, 0.4) is 0 Å². The Morgan fingerprint density at radius 2 is 1.37 bits per heavy atom. The maximum absolute atomic E-state index is 5.36. The SMILES string of the molecule is Cc1ccc2c(c1)C(C)(C)c1cc(C3=CC(c4ccccc4)N=C(c4cc(-c5ccccc5)cc(C5C=CC=CC5)c4)N3)ccc1-2. The number of nitrogens with one attached hydrogen (secondary N) is 1. The zero-order valence-electron chi connectivity index (χ0n) is 26.7. The van der Waals surface area contributed by atoms with Crippen molar-refractivity contribution in [1.29, 1.82) is 0 Å². The van der Waals surface area contributed by atoms with Gasteiger partial charge in [0.05, 0.1) is 6.04 Å². The number of hydrogen-bond donors (Lipinski definition) is 1. The number of rotatable bonds is 5. The zero-order chi connectivity index (χ0) is 31.3. The fourth-order valence-corrected chi connectivity index (χ4v) is 7.32. The van der Waals surface area contributed by atoms with E-state index in [1.807, 2.05) is 0 Å². The van der Waals surface area contributed by atoms with Crippen LogP contribution in [0.5, 0.6) is 0 Å². The highest BCUT2D eigenvalue weighted by Crippen LogP contribution is 2.49. The summed E-state index contributed by atoms with van der Waals surface area (Å²) in [5.41, 5.74) is 15.0. The molecule has 2 aliphatic carbocycles. The van der Waals surface area contributed by atoms with Crippen molar-refractivity contribution in [2.75, 3.05) is 0 Å². The van der Waals surface area contributed by atoms with Crippen LogP contribution in [0.15, 0.2) is 151 Å². The molecule has 0 spiro atoms. The van der Waals surface area contributed by atoms with Gasteiger partial charge in [0.2, 0.25) is 0 Å². The average molecular weight is 595 g/mol. The number of nitrogens with zero attached hydrogens (tertiary/aromatic N) is 1. The van der Waals surface area contributed by atoms with E-state index in [1.54, 1.807) is 0 Å². The molecule has 0 amide bonds. The Balaban J connectivity index is 1.24. The van der Waals surface area contributed by atoms with Gasteiger partial charge >= 0.3 is 0 Å². The molecule has 2 unspecified atom stereocenters. The summed E-state index contributed by atoms with van der Waals surface area (Å²) in [7, 11) is 0. The van der Waals surface area contributed by atoms with Crippen LogP contribution in [-0.4, -0.2) is 5.84 Å². The van der Waals surface area contributed by atoms with E-state index in [0.717, 1.165) is 23.5 Å². The van der Waals surface area contributed by atoms with Gasteiger partial charge in [0.15, 0.2) is 0 Å². The van der Waals surface area contributed by atoms with E-state index in [1.165, 1.54) is 55.6 Å². The number of aliphatic imine (C=N–C) groups is 1. The van der Waals surface area contributed by atoms with Gasteiger partial charge in [-0.25, -0.2) is 0 Å². The van der Waals surface area contributed by atoms with Crippen LogP contribution < -0.4 is 5.32 Å². The lowest BCUT2D eigenvalue weighted by atomic mass is 9.81. The molecule has 5 aromatic carbocycles. The quantitative estimate of drug-likeness (QED) is 0.215. The van der Waals surface area contributed by atoms with Crippen molar-refractivity contribution in [2.45, 2.75) is 44.6 Å². The van der Waals surface area contributed by atoms with Gasteiger partial charge < -0.3 is 5.32 Å². The predicted molar refractivity (Wildman–Crippen MR) is 193 cm³/mol. The van der Waals surface area contributed by atoms with E-state index in [2.05, 4.69) is 172 Å². The van der Waals surface area contributed by atoms with Gasteiger partial charge in [-0.15, -0.1) is 0 Å². The van der Waals surface area contributed by atoms with E-state index >= 15 is 0 Å². The minimum Gasteiger partial charge on any atom is -0.340 e. The smallest absolute Gasteiger partial charge is 0.133 e. The standard InChI is InChI=1S/C44H38N2/c1-29-19-21-37-38-22-20-33(27-40(38)44(2,3)39(37)23-29)42-28-41(32-17-11-6-12-18-32)45-43(46-42)36-25-34(30-13-7-4-8-14-30)24-35(26-36)31-15-9-5-10-16-31/h4-15,17-28,31,41H,16H2,1-3H3,(H,45,46). The van der Waals surface area contributed by atoms with Gasteiger partial charge in [-0.2, -0.15) is 0 Å². The summed E-state index contributed by atoms with van der Waals surface area (Å²) in [6, 6.07) is 42.1. The summed E-state index contributed by atoms with van der Waals surface area (Å²) >= 11 is 0. The van der Waals surface area contributed by atoms with E-state index in [-0.39, 0.29) is 11.5 Å². The second-order valence-corrected chi connectivity index (χ2v) is 13.3. The van der Waals surface area contributed by atoms with Crippen LogP contribution in [0.25, 0.3) is 28.0 Å². The molecule has 1 heterocycles. The van der Waals surface area contributed by atoms with Gasteiger partial charge in [-0.3, -0.25) is 4.99 Å². The van der Waals surface area contributed by atoms with Crippen LogP contribution in [0.1, 0.15) is 71.2 Å². The molecule has 224 valence electrons. The Morgan fingerprint density at radius 1 is 0.652 bits per heavy atom. The maximum Gasteiger partial charge on any atom is 0.133 e. The van der Waals surface area contributed by atoms with Gasteiger partial charge in [-0.1, -0.05) is 141 Å². The first-order valence-corrected chi connectivity index (χ1v) is 16.4. The number of fused-ring (bicyclic) bond motifs is 3. The van der Waals surface area contributed by atoms with Crippen molar-refractivity contribution in [3.63, 3.8) is 0 Å². The van der Waals surface area contributed by atoms with Gasteiger partial charge in [-0.05, 0) is 87.7 Å². The molecule has 1 N–H and O–H groups in total. The second kappa shape index (κ2) is 11.3. The Morgan fingerprint density at radius 3 is 2.13 bits per heavy atom. The summed E-state index contributed by atoms with van der Waals surface area (Å²) in [5, 5.41) is 3.82. The third kappa shape index (κ3) is 5.04. The lowest BCUT2D eigenvalue weighted by Crippen LogP contribution is -2.28. The van der Waals surface area contributed by atoms with Crippen molar-refractivity contribution in [3.05, 3.63) is 185 Å². The summed E-state index contributed by atoms with van der Waals surface area (Å²) in [6.45, 7) is 6.90. The lowest BCUT2D eigenvalue weighted by molar-refractivity contribution is 0.659. The maximum atomic E-state index is 5.36. The van der Waals surface area contributed by atoms with E-state index in [9.17, 15) is 0 Å². The molecule has 0 saturated carbocycles. The zero-order valence-corrected chi connectivity index (χ0v) is 26.7. The van der Waals surface area contributed by atoms with E-state index < -0.39 is 0 Å². The van der Waals surface area contributed by atoms with Gasteiger partial charge in [0.1, 0.15) is 5.84 Å². The van der Waals surface area contributed by atoms with Crippen molar-refractivity contribution in [3.8, 4) is 22.3 Å². The topological polar surface area (TPSA) is 24.4 Å². The highest BCUT2D eigenvalue weighted by atomic mass is 15.0. The molecule has 5 aromatic rings. The summed E-state index contributed by atoms with van der Waals surface area (Å²) in [4.78, 5) is 5.36. The number of aryl methyl sites for hydroxylation is 1. The van der Waals surface area contributed by atoms with Crippen LogP contribution in [0.4, 0.5) is 0 Å². The molecule has 0 fully saturated rings. The molecule has 0 aromatic heterocycles. The molecular formula is C44H38N2. The largest absolute Gasteiger partial charge is 0.340 e. The van der Waals surface area contributed by atoms with E-state index in [0.29, 0.717) is 5.92 Å². The van der Waals surface area contributed by atoms with E-state index in [4.69, 9.17) is 4.99 Å². The molecule has 1 aliphatic heterocycles. The third-order valence-electron chi connectivity index (χ3n) is 9.87. The molecule has 2 atom stereocenters. The highest BCUT2D eigenvalue weighted by Gasteiger charge is 2.36. The molecule has 0 bridgehead atoms. The minimum absolute atomic E-state index is 0.0709. The number of benzene rings is 5. The van der Waals surface area contributed by atoms with Crippen molar-refractivity contribution in [2.24, 2.45) is 4.99 Å². The predicted octanol–water partition coefficient (Wildman–Crippen LogP) is 10.7. The van der Waals surface area contributed by atoms with Crippen molar-refractivity contribution >= 4 is 11.5 Å². The summed E-state index contributed by atoms with van der Waals surface area (Å²) in [5.74, 6) is 1.24. The first-order valence-electron chi connectivity index (χ1n) is 16.4. The normalized spacial score (nSPS) is 19.1. The average Bonchev–Trinajstić information content (AvgIpc) is 3.33. The monoisotopic (exact) mass is 594 g/mol. The number of amidine groups is 1. The molecule has 2 nitrogen and oxygen atoms in total. The Kier molecular flexibility index (Phi) is 6.95. The lowest BCUT2D eigenvalue weighted by Gasteiger charge is -2.26. The number of hydrogen-bond acceptors (Lipinski definition) is 2. The molecule has 0 radical (unpaired) electrons.